The maximum atomic E-state index is 5.50. The van der Waals surface area contributed by atoms with Gasteiger partial charge in [-0.2, -0.15) is 0 Å². The Morgan fingerprint density at radius 2 is 2.38 bits per heavy atom. The fraction of sp³-hybridized carbons (Fsp3) is 0.333. The third-order valence-electron chi connectivity index (χ3n) is 1.12. The van der Waals surface area contributed by atoms with Crippen molar-refractivity contribution in [2.24, 2.45) is 5.73 Å². The zero-order chi connectivity index (χ0) is 5.98. The summed E-state index contributed by atoms with van der Waals surface area (Å²) in [7, 11) is 0. The Kier molecular flexibility index (Phi) is 1.63. The van der Waals surface area contributed by atoms with Gasteiger partial charge in [0.1, 0.15) is 0 Å². The molecule has 2 heteroatoms. The number of hydrogen-bond acceptors (Lipinski definition) is 2. The van der Waals surface area contributed by atoms with Gasteiger partial charge in [-0.15, -0.1) is 11.8 Å². The zero-order valence-electron chi connectivity index (χ0n) is 4.85. The number of thioether (sulfide) groups is 1. The minimum absolute atomic E-state index is 0.959. The predicted molar refractivity (Wildman–Crippen MR) is 38.5 cm³/mol. The molecule has 0 atom stereocenters. The Hall–Kier alpha value is -0.370. The van der Waals surface area contributed by atoms with Crippen LogP contribution in [0, 0.1) is 0 Å². The molecule has 8 heavy (non-hydrogen) atoms. The first kappa shape index (κ1) is 5.76. The van der Waals surface area contributed by atoms with Gasteiger partial charge in [-0.05, 0) is 17.2 Å². The topological polar surface area (TPSA) is 26.0 Å². The summed E-state index contributed by atoms with van der Waals surface area (Å²) in [5, 5.41) is 0. The van der Waals surface area contributed by atoms with Crippen LogP contribution in [0.25, 0.3) is 0 Å². The molecule has 0 amide bonds. The van der Waals surface area contributed by atoms with E-state index in [0.29, 0.717) is 0 Å². The molecule has 0 saturated carbocycles. The number of nitrogens with two attached hydrogens (primary N) is 1. The van der Waals surface area contributed by atoms with Crippen LogP contribution in [0.3, 0.4) is 0 Å². The first-order valence-electron chi connectivity index (χ1n) is 2.52. The molecule has 0 spiro atoms. The van der Waals surface area contributed by atoms with Crippen LogP contribution < -0.4 is 5.73 Å². The van der Waals surface area contributed by atoms with Gasteiger partial charge in [0.05, 0.1) is 0 Å². The Bertz CT molecular complexity index is 147. The lowest BCUT2D eigenvalue weighted by atomic mass is 10.4. The number of allylic oxidation sites excluding steroid dienone is 3. The van der Waals surface area contributed by atoms with Crippen molar-refractivity contribution in [3.8, 4) is 0 Å². The Morgan fingerprint density at radius 3 is 2.62 bits per heavy atom. The van der Waals surface area contributed by atoms with E-state index in [1.165, 1.54) is 4.91 Å². The van der Waals surface area contributed by atoms with Gasteiger partial charge in [0.15, 0.2) is 0 Å². The molecule has 1 nitrogen and oxygen atoms in total. The van der Waals surface area contributed by atoms with Crippen LogP contribution in [0.5, 0.6) is 0 Å². The van der Waals surface area contributed by atoms with Crippen LogP contribution in [0.1, 0.15) is 6.42 Å². The zero-order valence-corrected chi connectivity index (χ0v) is 5.66. The van der Waals surface area contributed by atoms with Gasteiger partial charge in [0, 0.05) is 12.1 Å². The second-order valence-corrected chi connectivity index (χ2v) is 2.69. The smallest absolute Gasteiger partial charge is 0.0181 e. The summed E-state index contributed by atoms with van der Waals surface area (Å²) < 4.78 is 0. The van der Waals surface area contributed by atoms with Gasteiger partial charge in [-0.25, -0.2) is 0 Å². The summed E-state index contributed by atoms with van der Waals surface area (Å²) in [5.41, 5.74) is 6.48. The van der Waals surface area contributed by atoms with Gasteiger partial charge >= 0.3 is 0 Å². The van der Waals surface area contributed by atoms with E-state index in [0.717, 1.165) is 12.1 Å². The first-order valence-corrected chi connectivity index (χ1v) is 3.74. The molecule has 1 aliphatic rings. The van der Waals surface area contributed by atoms with E-state index >= 15 is 0 Å². The summed E-state index contributed by atoms with van der Waals surface area (Å²) in [6.07, 6.45) is 7.06. The van der Waals surface area contributed by atoms with Crippen molar-refractivity contribution in [1.29, 1.82) is 0 Å². The molecule has 0 bridgehead atoms. The van der Waals surface area contributed by atoms with E-state index in [1.807, 2.05) is 6.08 Å². The van der Waals surface area contributed by atoms with E-state index in [-0.39, 0.29) is 0 Å². The number of rotatable bonds is 1. The van der Waals surface area contributed by atoms with E-state index in [4.69, 9.17) is 5.73 Å². The van der Waals surface area contributed by atoms with Gasteiger partial charge in [-0.1, -0.05) is 6.08 Å². The molecule has 0 aliphatic heterocycles. The van der Waals surface area contributed by atoms with Crippen molar-refractivity contribution in [3.05, 3.63) is 22.8 Å². The van der Waals surface area contributed by atoms with Gasteiger partial charge in [0.2, 0.25) is 0 Å². The minimum atomic E-state index is 0.959. The molecule has 0 heterocycles. The van der Waals surface area contributed by atoms with Crippen molar-refractivity contribution in [3.63, 3.8) is 0 Å². The maximum absolute atomic E-state index is 5.50. The lowest BCUT2D eigenvalue weighted by molar-refractivity contribution is 1.19. The fourth-order valence-electron chi connectivity index (χ4n) is 0.659. The van der Waals surface area contributed by atoms with E-state index in [9.17, 15) is 0 Å². The standard InChI is InChI=1S/C6H9NS/c1-8-6-3-2-5(7)4-6/h2-3H,4,7H2,1H3. The van der Waals surface area contributed by atoms with Crippen LogP contribution in [0.15, 0.2) is 22.8 Å². The number of hydrogen-bond donors (Lipinski definition) is 1. The Morgan fingerprint density at radius 1 is 1.62 bits per heavy atom. The molecule has 0 aromatic rings. The van der Waals surface area contributed by atoms with Crippen LogP contribution in [-0.4, -0.2) is 6.26 Å². The summed E-state index contributed by atoms with van der Waals surface area (Å²) >= 11 is 1.77. The van der Waals surface area contributed by atoms with Gasteiger partial charge in [0.25, 0.3) is 0 Å². The molecule has 0 fully saturated rings. The Balaban J connectivity index is 2.49. The van der Waals surface area contributed by atoms with E-state index < -0.39 is 0 Å². The lowest BCUT2D eigenvalue weighted by Gasteiger charge is -1.93. The van der Waals surface area contributed by atoms with Crippen molar-refractivity contribution in [2.75, 3.05) is 6.26 Å². The molecular weight excluding hydrogens is 118 g/mol. The average molecular weight is 127 g/mol. The van der Waals surface area contributed by atoms with Crippen molar-refractivity contribution in [2.45, 2.75) is 6.42 Å². The fourth-order valence-corrected chi connectivity index (χ4v) is 1.17. The van der Waals surface area contributed by atoms with Crippen molar-refractivity contribution >= 4 is 11.8 Å². The predicted octanol–water partition coefficient (Wildman–Crippen LogP) is 1.48. The highest BCUT2D eigenvalue weighted by atomic mass is 32.2. The lowest BCUT2D eigenvalue weighted by Crippen LogP contribution is -1.91. The SMILES string of the molecule is CSC1=CC=C(N)C1. The molecule has 1 aliphatic carbocycles. The third-order valence-corrected chi connectivity index (χ3v) is 1.93. The molecule has 2 N–H and O–H groups in total. The highest BCUT2D eigenvalue weighted by Gasteiger charge is 2.01. The van der Waals surface area contributed by atoms with Gasteiger partial charge in [-0.3, -0.25) is 0 Å². The maximum Gasteiger partial charge on any atom is 0.0181 e. The van der Waals surface area contributed by atoms with Crippen LogP contribution in [-0.2, 0) is 0 Å². The molecule has 1 rings (SSSR count). The third kappa shape index (κ3) is 1.07. The first-order chi connectivity index (χ1) is 3.83. The second-order valence-electron chi connectivity index (χ2n) is 1.76. The van der Waals surface area contributed by atoms with Crippen molar-refractivity contribution in [1.82, 2.24) is 0 Å². The summed E-state index contributed by atoms with van der Waals surface area (Å²) in [6.45, 7) is 0. The molecular formula is C6H9NS. The monoisotopic (exact) mass is 127 g/mol. The van der Waals surface area contributed by atoms with Gasteiger partial charge < -0.3 is 5.73 Å². The quantitative estimate of drug-likeness (QED) is 0.577. The average Bonchev–Trinajstić information content (AvgIpc) is 2.14. The van der Waals surface area contributed by atoms with Crippen LogP contribution in [0.2, 0.25) is 0 Å². The Labute approximate surface area is 53.6 Å². The van der Waals surface area contributed by atoms with Crippen LogP contribution in [0.4, 0.5) is 0 Å². The molecule has 44 valence electrons. The van der Waals surface area contributed by atoms with Crippen molar-refractivity contribution < 1.29 is 0 Å². The molecule has 0 aromatic carbocycles. The molecule has 0 aromatic heterocycles. The highest BCUT2D eigenvalue weighted by Crippen LogP contribution is 2.23. The van der Waals surface area contributed by atoms with E-state index in [1.54, 1.807) is 11.8 Å². The highest BCUT2D eigenvalue weighted by molar-refractivity contribution is 8.02. The second kappa shape index (κ2) is 2.27. The minimum Gasteiger partial charge on any atom is -0.402 e. The summed E-state index contributed by atoms with van der Waals surface area (Å²) in [4.78, 5) is 1.36. The van der Waals surface area contributed by atoms with Crippen LogP contribution >= 0.6 is 11.8 Å². The summed E-state index contributed by atoms with van der Waals surface area (Å²) in [6, 6.07) is 0. The normalized spacial score (nSPS) is 18.1. The molecule has 0 unspecified atom stereocenters. The van der Waals surface area contributed by atoms with E-state index in [2.05, 4.69) is 12.3 Å². The summed E-state index contributed by atoms with van der Waals surface area (Å²) in [5.74, 6) is 0. The molecule has 0 saturated heterocycles. The molecule has 0 radical (unpaired) electrons. The largest absolute Gasteiger partial charge is 0.402 e.